The predicted molar refractivity (Wildman–Crippen MR) is 91.3 cm³/mol. The highest BCUT2D eigenvalue weighted by molar-refractivity contribution is 6.32. The van der Waals surface area contributed by atoms with E-state index < -0.39 is 0 Å². The summed E-state index contributed by atoms with van der Waals surface area (Å²) < 4.78 is 1.69. The number of hydrogen-bond acceptors (Lipinski definition) is 3. The summed E-state index contributed by atoms with van der Waals surface area (Å²) in [5.41, 5.74) is 2.55. The van der Waals surface area contributed by atoms with Crippen molar-refractivity contribution in [3.63, 3.8) is 0 Å². The van der Waals surface area contributed by atoms with Crippen molar-refractivity contribution in [2.75, 3.05) is 13.1 Å². The zero-order chi connectivity index (χ0) is 15.5. The lowest BCUT2D eigenvalue weighted by Crippen LogP contribution is -2.24. The summed E-state index contributed by atoms with van der Waals surface area (Å²) in [5.74, 6) is 0. The van der Waals surface area contributed by atoms with Gasteiger partial charge in [-0.3, -0.25) is 5.01 Å². The van der Waals surface area contributed by atoms with Crippen molar-refractivity contribution in [1.82, 2.24) is 14.8 Å². The van der Waals surface area contributed by atoms with E-state index in [2.05, 4.69) is 15.2 Å². The molecule has 1 aromatic carbocycles. The number of halogens is 2. The standard InChI is InChI=1S/C16H18Cl2N4/c1-12-15(11-19-21-8-3-2-4-9-21)16(18)22(20-12)14-7-5-6-13(17)10-14/h5-7,10-11H,2-4,8-9H2,1H3. The topological polar surface area (TPSA) is 33.4 Å². The van der Waals surface area contributed by atoms with Crippen molar-refractivity contribution < 1.29 is 0 Å². The summed E-state index contributed by atoms with van der Waals surface area (Å²) in [6, 6.07) is 7.47. The number of nitrogens with zero attached hydrogens (tertiary/aromatic N) is 4. The van der Waals surface area contributed by atoms with E-state index in [-0.39, 0.29) is 0 Å². The van der Waals surface area contributed by atoms with E-state index in [1.165, 1.54) is 19.3 Å². The molecule has 6 heteroatoms. The highest BCUT2D eigenvalue weighted by Crippen LogP contribution is 2.24. The Bertz CT molecular complexity index is 687. The van der Waals surface area contributed by atoms with Gasteiger partial charge in [-0.05, 0) is 44.4 Å². The van der Waals surface area contributed by atoms with Gasteiger partial charge in [-0.1, -0.05) is 29.3 Å². The fraction of sp³-hybridized carbons (Fsp3) is 0.375. The maximum atomic E-state index is 6.48. The van der Waals surface area contributed by atoms with Crippen LogP contribution in [0.15, 0.2) is 29.4 Å². The lowest BCUT2D eigenvalue weighted by molar-refractivity contribution is 0.240. The molecule has 0 spiro atoms. The second-order valence-corrected chi connectivity index (χ2v) is 6.23. The number of aryl methyl sites for hydroxylation is 1. The third kappa shape index (κ3) is 3.28. The first-order chi connectivity index (χ1) is 10.6. The zero-order valence-corrected chi connectivity index (χ0v) is 14.0. The molecule has 116 valence electrons. The van der Waals surface area contributed by atoms with Crippen LogP contribution in [0.4, 0.5) is 0 Å². The maximum Gasteiger partial charge on any atom is 0.142 e. The molecule has 1 aliphatic heterocycles. The fourth-order valence-corrected chi connectivity index (χ4v) is 3.07. The van der Waals surface area contributed by atoms with Crippen LogP contribution in [0, 0.1) is 6.92 Å². The van der Waals surface area contributed by atoms with E-state index in [9.17, 15) is 0 Å². The summed E-state index contributed by atoms with van der Waals surface area (Å²) in [7, 11) is 0. The zero-order valence-electron chi connectivity index (χ0n) is 12.5. The molecule has 0 amide bonds. The Kier molecular flexibility index (Phi) is 4.69. The van der Waals surface area contributed by atoms with Crippen LogP contribution in [-0.4, -0.2) is 34.1 Å². The monoisotopic (exact) mass is 336 g/mol. The van der Waals surface area contributed by atoms with Crippen LogP contribution in [0.25, 0.3) is 5.69 Å². The van der Waals surface area contributed by atoms with Gasteiger partial charge in [0.05, 0.1) is 23.2 Å². The van der Waals surface area contributed by atoms with Gasteiger partial charge in [0.1, 0.15) is 5.15 Å². The van der Waals surface area contributed by atoms with Crippen molar-refractivity contribution in [1.29, 1.82) is 0 Å². The van der Waals surface area contributed by atoms with Crippen LogP contribution < -0.4 is 0 Å². The molecule has 22 heavy (non-hydrogen) atoms. The Balaban J connectivity index is 1.88. The van der Waals surface area contributed by atoms with E-state index in [1.54, 1.807) is 4.68 Å². The van der Waals surface area contributed by atoms with Crippen LogP contribution in [-0.2, 0) is 0 Å². The molecule has 3 rings (SSSR count). The van der Waals surface area contributed by atoms with Gasteiger partial charge in [0.15, 0.2) is 0 Å². The van der Waals surface area contributed by atoms with Gasteiger partial charge in [-0.15, -0.1) is 0 Å². The smallest absolute Gasteiger partial charge is 0.142 e. The van der Waals surface area contributed by atoms with Gasteiger partial charge in [0.2, 0.25) is 0 Å². The Labute approximate surface area is 140 Å². The second kappa shape index (κ2) is 6.71. The van der Waals surface area contributed by atoms with Gasteiger partial charge in [-0.25, -0.2) is 4.68 Å². The summed E-state index contributed by atoms with van der Waals surface area (Å²) in [5, 5.41) is 12.4. The van der Waals surface area contributed by atoms with Crippen LogP contribution in [0.3, 0.4) is 0 Å². The minimum atomic E-state index is 0.556. The van der Waals surface area contributed by atoms with Crippen LogP contribution in [0.5, 0.6) is 0 Å². The third-order valence-corrected chi connectivity index (χ3v) is 4.38. The second-order valence-electron chi connectivity index (χ2n) is 5.44. The van der Waals surface area contributed by atoms with Crippen molar-refractivity contribution in [3.8, 4) is 5.69 Å². The molecule has 1 aliphatic rings. The van der Waals surface area contributed by atoms with Gasteiger partial charge in [0.25, 0.3) is 0 Å². The number of benzene rings is 1. The Morgan fingerprint density at radius 3 is 2.68 bits per heavy atom. The molecule has 0 unspecified atom stereocenters. The molecule has 0 atom stereocenters. The number of piperidine rings is 1. The molecular weight excluding hydrogens is 319 g/mol. The van der Waals surface area contributed by atoms with Crippen LogP contribution in [0.2, 0.25) is 10.2 Å². The van der Waals surface area contributed by atoms with E-state index in [0.29, 0.717) is 10.2 Å². The SMILES string of the molecule is Cc1nn(-c2cccc(Cl)c2)c(Cl)c1C=NN1CCCCC1. The highest BCUT2D eigenvalue weighted by Gasteiger charge is 2.14. The fourth-order valence-electron chi connectivity index (χ4n) is 2.57. The Morgan fingerprint density at radius 2 is 1.95 bits per heavy atom. The largest absolute Gasteiger partial charge is 0.297 e. The lowest BCUT2D eigenvalue weighted by atomic mass is 10.2. The summed E-state index contributed by atoms with van der Waals surface area (Å²) in [6.07, 6.45) is 5.51. The normalized spacial score (nSPS) is 15.7. The first-order valence-electron chi connectivity index (χ1n) is 7.45. The van der Waals surface area contributed by atoms with E-state index in [4.69, 9.17) is 23.2 Å². The molecule has 4 nitrogen and oxygen atoms in total. The van der Waals surface area contributed by atoms with Crippen LogP contribution >= 0.6 is 23.2 Å². The molecule has 1 fully saturated rings. The summed E-state index contributed by atoms with van der Waals surface area (Å²) in [4.78, 5) is 0. The Hall–Kier alpha value is -1.52. The highest BCUT2D eigenvalue weighted by atomic mass is 35.5. The van der Waals surface area contributed by atoms with Gasteiger partial charge < -0.3 is 0 Å². The molecule has 0 bridgehead atoms. The summed E-state index contributed by atoms with van der Waals surface area (Å²) >= 11 is 12.5. The van der Waals surface area contributed by atoms with Crippen molar-refractivity contribution >= 4 is 29.4 Å². The number of rotatable bonds is 3. The lowest BCUT2D eigenvalue weighted by Gasteiger charge is -2.23. The number of hydrogen-bond donors (Lipinski definition) is 0. The van der Waals surface area contributed by atoms with Gasteiger partial charge in [-0.2, -0.15) is 10.2 Å². The molecule has 0 N–H and O–H groups in total. The van der Waals surface area contributed by atoms with E-state index in [1.807, 2.05) is 37.4 Å². The predicted octanol–water partition coefficient (Wildman–Crippen LogP) is 4.31. The molecular formula is C16H18Cl2N4. The average Bonchev–Trinajstić information content (AvgIpc) is 2.81. The van der Waals surface area contributed by atoms with Crippen molar-refractivity contribution in [3.05, 3.63) is 45.7 Å². The minimum Gasteiger partial charge on any atom is -0.297 e. The molecule has 1 saturated heterocycles. The molecule has 0 saturated carbocycles. The molecule has 0 radical (unpaired) electrons. The van der Waals surface area contributed by atoms with E-state index in [0.717, 1.165) is 30.0 Å². The first-order valence-corrected chi connectivity index (χ1v) is 8.21. The Morgan fingerprint density at radius 1 is 1.18 bits per heavy atom. The van der Waals surface area contributed by atoms with Crippen molar-refractivity contribution in [2.24, 2.45) is 5.10 Å². The quantitative estimate of drug-likeness (QED) is 0.782. The average molecular weight is 337 g/mol. The molecule has 0 aliphatic carbocycles. The first kappa shape index (κ1) is 15.4. The van der Waals surface area contributed by atoms with E-state index >= 15 is 0 Å². The minimum absolute atomic E-state index is 0.556. The number of aromatic nitrogens is 2. The molecule has 1 aromatic heterocycles. The summed E-state index contributed by atoms with van der Waals surface area (Å²) in [6.45, 7) is 3.95. The maximum absolute atomic E-state index is 6.48. The molecule has 2 aromatic rings. The van der Waals surface area contributed by atoms with Crippen molar-refractivity contribution in [2.45, 2.75) is 26.2 Å². The third-order valence-electron chi connectivity index (χ3n) is 3.78. The van der Waals surface area contributed by atoms with Gasteiger partial charge >= 0.3 is 0 Å². The van der Waals surface area contributed by atoms with Crippen LogP contribution in [0.1, 0.15) is 30.5 Å². The van der Waals surface area contributed by atoms with Gasteiger partial charge in [0, 0.05) is 18.1 Å². The number of hydrazone groups is 1. The molecule has 2 heterocycles.